The predicted octanol–water partition coefficient (Wildman–Crippen LogP) is 5.33. The van der Waals surface area contributed by atoms with Crippen LogP contribution in [0.5, 0.6) is 17.2 Å². The van der Waals surface area contributed by atoms with E-state index in [1.54, 1.807) is 47.4 Å². The molecule has 0 unspecified atom stereocenters. The average molecular weight is 495 g/mol. The largest absolute Gasteiger partial charge is 0.494 e. The maximum atomic E-state index is 12.5. The van der Waals surface area contributed by atoms with Crippen molar-refractivity contribution in [1.29, 1.82) is 0 Å². The van der Waals surface area contributed by atoms with Gasteiger partial charge in [-0.25, -0.2) is 0 Å². The fourth-order valence-corrected chi connectivity index (χ4v) is 3.76. The summed E-state index contributed by atoms with van der Waals surface area (Å²) in [5.74, 6) is 1.86. The molecule has 0 saturated carbocycles. The lowest BCUT2D eigenvalue weighted by molar-refractivity contribution is -0.121. The van der Waals surface area contributed by atoms with Crippen LogP contribution in [-0.2, 0) is 9.59 Å². The van der Waals surface area contributed by atoms with Gasteiger partial charge in [0.1, 0.15) is 17.2 Å². The van der Waals surface area contributed by atoms with E-state index in [4.69, 9.17) is 25.8 Å². The van der Waals surface area contributed by atoms with Gasteiger partial charge in [0.05, 0.1) is 18.9 Å². The van der Waals surface area contributed by atoms with Crippen molar-refractivity contribution >= 4 is 34.8 Å². The van der Waals surface area contributed by atoms with Crippen LogP contribution in [0.3, 0.4) is 0 Å². The van der Waals surface area contributed by atoms with Gasteiger partial charge in [-0.2, -0.15) is 0 Å². The zero-order valence-electron chi connectivity index (χ0n) is 19.2. The number of carbonyl (C=O) groups excluding carboxylic acids is 2. The first-order chi connectivity index (χ1) is 17.1. The highest BCUT2D eigenvalue weighted by Crippen LogP contribution is 2.34. The second-order valence-corrected chi connectivity index (χ2v) is 8.42. The second kappa shape index (κ2) is 12.1. The number of halogens is 1. The van der Waals surface area contributed by atoms with Gasteiger partial charge in [0.2, 0.25) is 5.91 Å². The Labute approximate surface area is 209 Å². The first-order valence-corrected chi connectivity index (χ1v) is 11.9. The number of para-hydroxylation sites is 1. The summed E-state index contributed by atoms with van der Waals surface area (Å²) in [6.07, 6.45) is 1.55. The standard InChI is InChI=1S/C27H27ClN2O5/c28-20-9-12-23(13-10-20)34-17-5-15-30-24-18-21(11-14-25(24)35-19-27(30)32)29-26(31)8-4-16-33-22-6-2-1-3-7-22/h1-3,6-7,9-14,18H,4-5,8,15-17,19H2,(H,29,31). The molecule has 0 atom stereocenters. The highest BCUT2D eigenvalue weighted by atomic mass is 35.5. The lowest BCUT2D eigenvalue weighted by Gasteiger charge is -2.30. The maximum Gasteiger partial charge on any atom is 0.265 e. The number of anilines is 2. The minimum absolute atomic E-state index is 0.0157. The summed E-state index contributed by atoms with van der Waals surface area (Å²) in [6, 6.07) is 22.0. The molecule has 1 aliphatic heterocycles. The number of ether oxygens (including phenoxy) is 3. The molecule has 2 amide bonds. The van der Waals surface area contributed by atoms with Crippen molar-refractivity contribution in [3.63, 3.8) is 0 Å². The summed E-state index contributed by atoms with van der Waals surface area (Å²) in [4.78, 5) is 26.6. The maximum absolute atomic E-state index is 12.5. The molecule has 182 valence electrons. The number of hydrogen-bond acceptors (Lipinski definition) is 5. The SMILES string of the molecule is O=C(CCCOc1ccccc1)Nc1ccc2c(c1)N(CCCOc1ccc(Cl)cc1)C(=O)CO2. The van der Waals surface area contributed by atoms with E-state index in [2.05, 4.69) is 5.32 Å². The van der Waals surface area contributed by atoms with Gasteiger partial charge in [-0.1, -0.05) is 29.8 Å². The number of rotatable bonds is 11. The highest BCUT2D eigenvalue weighted by Gasteiger charge is 2.25. The molecule has 0 aliphatic carbocycles. The molecule has 1 heterocycles. The van der Waals surface area contributed by atoms with Crippen molar-refractivity contribution in [2.24, 2.45) is 0 Å². The van der Waals surface area contributed by atoms with Crippen LogP contribution < -0.4 is 24.4 Å². The number of fused-ring (bicyclic) bond motifs is 1. The van der Waals surface area contributed by atoms with Crippen LogP contribution in [-0.4, -0.2) is 38.2 Å². The molecule has 4 rings (SSSR count). The van der Waals surface area contributed by atoms with Crippen LogP contribution >= 0.6 is 11.6 Å². The van der Waals surface area contributed by atoms with Crippen LogP contribution in [0, 0.1) is 0 Å². The van der Waals surface area contributed by atoms with Crippen molar-refractivity contribution in [2.45, 2.75) is 19.3 Å². The fraction of sp³-hybridized carbons (Fsp3) is 0.259. The lowest BCUT2D eigenvalue weighted by atomic mass is 10.2. The Kier molecular flexibility index (Phi) is 8.46. The topological polar surface area (TPSA) is 77.1 Å². The van der Waals surface area contributed by atoms with Gasteiger partial charge in [-0.3, -0.25) is 9.59 Å². The van der Waals surface area contributed by atoms with Crippen molar-refractivity contribution in [3.05, 3.63) is 77.8 Å². The quantitative estimate of drug-likeness (QED) is 0.364. The lowest BCUT2D eigenvalue weighted by Crippen LogP contribution is -2.39. The number of benzene rings is 3. The van der Waals surface area contributed by atoms with Crippen molar-refractivity contribution in [2.75, 3.05) is 36.6 Å². The molecule has 0 fully saturated rings. The van der Waals surface area contributed by atoms with Gasteiger partial charge in [0, 0.05) is 23.7 Å². The predicted molar refractivity (Wildman–Crippen MR) is 136 cm³/mol. The molecular formula is C27H27ClN2O5. The number of amides is 2. The molecule has 0 saturated heterocycles. The number of nitrogens with zero attached hydrogens (tertiary/aromatic N) is 1. The molecular weight excluding hydrogens is 468 g/mol. The molecule has 0 aromatic heterocycles. The van der Waals surface area contributed by atoms with E-state index >= 15 is 0 Å². The Morgan fingerprint density at radius 2 is 1.66 bits per heavy atom. The van der Waals surface area contributed by atoms with Gasteiger partial charge in [-0.15, -0.1) is 0 Å². The second-order valence-electron chi connectivity index (χ2n) is 7.99. The third-order valence-corrected chi connectivity index (χ3v) is 5.61. The Bertz CT molecular complexity index is 1140. The minimum atomic E-state index is -0.134. The molecule has 0 radical (unpaired) electrons. The van der Waals surface area contributed by atoms with Crippen LogP contribution in [0.1, 0.15) is 19.3 Å². The third kappa shape index (κ3) is 7.13. The van der Waals surface area contributed by atoms with E-state index in [0.29, 0.717) is 61.2 Å². The molecule has 8 heteroatoms. The molecule has 3 aromatic rings. The molecule has 0 bridgehead atoms. The smallest absolute Gasteiger partial charge is 0.265 e. The molecule has 35 heavy (non-hydrogen) atoms. The zero-order chi connectivity index (χ0) is 24.5. The third-order valence-electron chi connectivity index (χ3n) is 5.35. The van der Waals surface area contributed by atoms with Crippen LogP contribution in [0.25, 0.3) is 0 Å². The number of hydrogen-bond donors (Lipinski definition) is 1. The monoisotopic (exact) mass is 494 g/mol. The van der Waals surface area contributed by atoms with Gasteiger partial charge < -0.3 is 24.4 Å². The summed E-state index contributed by atoms with van der Waals surface area (Å²) < 4.78 is 16.9. The van der Waals surface area contributed by atoms with E-state index in [9.17, 15) is 9.59 Å². The van der Waals surface area contributed by atoms with E-state index in [1.807, 2.05) is 30.3 Å². The van der Waals surface area contributed by atoms with Gasteiger partial charge >= 0.3 is 0 Å². The Morgan fingerprint density at radius 3 is 2.43 bits per heavy atom. The van der Waals surface area contributed by atoms with E-state index in [-0.39, 0.29) is 18.4 Å². The average Bonchev–Trinajstić information content (AvgIpc) is 2.87. The molecule has 3 aromatic carbocycles. The summed E-state index contributed by atoms with van der Waals surface area (Å²) in [7, 11) is 0. The molecule has 1 aliphatic rings. The molecule has 0 spiro atoms. The van der Waals surface area contributed by atoms with Crippen LogP contribution in [0.4, 0.5) is 11.4 Å². The van der Waals surface area contributed by atoms with Crippen molar-refractivity contribution < 1.29 is 23.8 Å². The summed E-state index contributed by atoms with van der Waals surface area (Å²) in [5.41, 5.74) is 1.25. The number of carbonyl (C=O) groups is 2. The first kappa shape index (κ1) is 24.4. The summed E-state index contributed by atoms with van der Waals surface area (Å²) in [5, 5.41) is 3.55. The zero-order valence-corrected chi connectivity index (χ0v) is 20.0. The Morgan fingerprint density at radius 1 is 0.943 bits per heavy atom. The Hall–Kier alpha value is -3.71. The summed E-state index contributed by atoms with van der Waals surface area (Å²) >= 11 is 5.89. The fourth-order valence-electron chi connectivity index (χ4n) is 3.63. The van der Waals surface area contributed by atoms with Gasteiger partial charge in [-0.05, 0) is 67.4 Å². The van der Waals surface area contributed by atoms with Crippen molar-refractivity contribution in [3.8, 4) is 17.2 Å². The Balaban J connectivity index is 1.27. The highest BCUT2D eigenvalue weighted by molar-refractivity contribution is 6.30. The van der Waals surface area contributed by atoms with Crippen LogP contribution in [0.15, 0.2) is 72.8 Å². The van der Waals surface area contributed by atoms with Crippen molar-refractivity contribution in [1.82, 2.24) is 0 Å². The summed E-state index contributed by atoms with van der Waals surface area (Å²) in [6.45, 7) is 1.36. The van der Waals surface area contributed by atoms with E-state index in [0.717, 1.165) is 11.5 Å². The molecule has 7 nitrogen and oxygen atoms in total. The van der Waals surface area contributed by atoms with Gasteiger partial charge in [0.15, 0.2) is 6.61 Å². The van der Waals surface area contributed by atoms with Crippen LogP contribution in [0.2, 0.25) is 5.02 Å². The first-order valence-electron chi connectivity index (χ1n) is 11.5. The minimum Gasteiger partial charge on any atom is -0.494 e. The van der Waals surface area contributed by atoms with Gasteiger partial charge in [0.25, 0.3) is 5.91 Å². The normalized spacial score (nSPS) is 12.5. The molecule has 1 N–H and O–H groups in total. The number of nitrogens with one attached hydrogen (secondary N) is 1. The van der Waals surface area contributed by atoms with E-state index < -0.39 is 0 Å². The van der Waals surface area contributed by atoms with E-state index in [1.165, 1.54) is 0 Å².